The Kier molecular flexibility index (Phi) is 3.93. The molecular formula is C14H18ClFO. The molecule has 3 heteroatoms. The Hall–Kier alpha value is -0.760. The maximum absolute atomic E-state index is 13.1. The standard InChI is InChI=1S/C14H18ClFO/c1-3-4-10(15)7-13-9(2)12-6-5-11(16)8-14(12)17-13/h5-6,8-10,13H,3-4,7H2,1-2H3. The van der Waals surface area contributed by atoms with Crippen LogP contribution in [0.15, 0.2) is 18.2 Å². The van der Waals surface area contributed by atoms with Gasteiger partial charge in [0.25, 0.3) is 0 Å². The van der Waals surface area contributed by atoms with Gasteiger partial charge in [0.1, 0.15) is 17.7 Å². The average Bonchev–Trinajstić information content (AvgIpc) is 2.55. The largest absolute Gasteiger partial charge is 0.489 e. The molecule has 3 atom stereocenters. The first-order valence-corrected chi connectivity index (χ1v) is 6.65. The third-order valence-electron chi connectivity index (χ3n) is 3.39. The van der Waals surface area contributed by atoms with Crippen molar-refractivity contribution in [1.29, 1.82) is 0 Å². The number of ether oxygens (including phenoxy) is 1. The average molecular weight is 257 g/mol. The summed E-state index contributed by atoms with van der Waals surface area (Å²) in [6.45, 7) is 4.24. The zero-order valence-corrected chi connectivity index (χ0v) is 11.0. The molecule has 1 nitrogen and oxygen atoms in total. The minimum Gasteiger partial charge on any atom is -0.489 e. The van der Waals surface area contributed by atoms with Gasteiger partial charge >= 0.3 is 0 Å². The Labute approximate surface area is 107 Å². The first-order chi connectivity index (χ1) is 8.11. The summed E-state index contributed by atoms with van der Waals surface area (Å²) in [6, 6.07) is 4.78. The van der Waals surface area contributed by atoms with Gasteiger partial charge in [0.05, 0.1) is 0 Å². The predicted octanol–water partition coefficient (Wildman–Crippen LogP) is 4.49. The van der Waals surface area contributed by atoms with Crippen molar-refractivity contribution in [1.82, 2.24) is 0 Å². The van der Waals surface area contributed by atoms with Gasteiger partial charge < -0.3 is 4.74 Å². The molecule has 0 fully saturated rings. The lowest BCUT2D eigenvalue weighted by molar-refractivity contribution is 0.196. The van der Waals surface area contributed by atoms with E-state index in [2.05, 4.69) is 13.8 Å². The van der Waals surface area contributed by atoms with E-state index in [1.807, 2.05) is 6.07 Å². The molecule has 0 saturated carbocycles. The fourth-order valence-electron chi connectivity index (χ4n) is 2.39. The van der Waals surface area contributed by atoms with E-state index in [4.69, 9.17) is 16.3 Å². The Bertz CT molecular complexity index is 394. The maximum atomic E-state index is 13.1. The minimum absolute atomic E-state index is 0.0841. The molecule has 1 aromatic carbocycles. The SMILES string of the molecule is CCCC(Cl)CC1Oc2cc(F)ccc2C1C. The lowest BCUT2D eigenvalue weighted by Crippen LogP contribution is -2.21. The van der Waals surface area contributed by atoms with Crippen molar-refractivity contribution < 1.29 is 9.13 Å². The van der Waals surface area contributed by atoms with Gasteiger partial charge in [-0.2, -0.15) is 0 Å². The van der Waals surface area contributed by atoms with Crippen LogP contribution in [0.5, 0.6) is 5.75 Å². The van der Waals surface area contributed by atoms with E-state index < -0.39 is 0 Å². The Morgan fingerprint density at radius 3 is 2.94 bits per heavy atom. The number of alkyl halides is 1. The molecule has 3 unspecified atom stereocenters. The van der Waals surface area contributed by atoms with Crippen molar-refractivity contribution >= 4 is 11.6 Å². The fraction of sp³-hybridized carbons (Fsp3) is 0.571. The highest BCUT2D eigenvalue weighted by Crippen LogP contribution is 2.40. The van der Waals surface area contributed by atoms with Gasteiger partial charge in [-0.25, -0.2) is 4.39 Å². The van der Waals surface area contributed by atoms with Crippen LogP contribution in [0, 0.1) is 5.82 Å². The third-order valence-corrected chi connectivity index (χ3v) is 3.79. The third kappa shape index (κ3) is 2.74. The number of benzene rings is 1. The molecule has 1 heterocycles. The summed E-state index contributed by atoms with van der Waals surface area (Å²) in [5, 5.41) is 0.145. The number of halogens is 2. The van der Waals surface area contributed by atoms with Crippen LogP contribution in [0.1, 0.15) is 44.6 Å². The maximum Gasteiger partial charge on any atom is 0.126 e. The van der Waals surface area contributed by atoms with Gasteiger partial charge in [-0.3, -0.25) is 0 Å². The highest BCUT2D eigenvalue weighted by molar-refractivity contribution is 6.20. The van der Waals surface area contributed by atoms with E-state index in [0.29, 0.717) is 11.7 Å². The summed E-state index contributed by atoms with van der Waals surface area (Å²) in [4.78, 5) is 0. The molecule has 2 rings (SSSR count). The second kappa shape index (κ2) is 5.26. The van der Waals surface area contributed by atoms with Gasteiger partial charge in [-0.1, -0.05) is 26.3 Å². The van der Waals surface area contributed by atoms with E-state index in [-0.39, 0.29) is 17.3 Å². The predicted molar refractivity (Wildman–Crippen MR) is 68.4 cm³/mol. The number of fused-ring (bicyclic) bond motifs is 1. The molecule has 1 aliphatic heterocycles. The van der Waals surface area contributed by atoms with Crippen molar-refractivity contribution in [3.63, 3.8) is 0 Å². The lowest BCUT2D eigenvalue weighted by Gasteiger charge is -2.18. The summed E-state index contributed by atoms with van der Waals surface area (Å²) in [6.07, 6.45) is 2.99. The van der Waals surface area contributed by atoms with Crippen LogP contribution in [-0.2, 0) is 0 Å². The first kappa shape index (κ1) is 12.7. The molecular weight excluding hydrogens is 239 g/mol. The molecule has 0 bridgehead atoms. The quantitative estimate of drug-likeness (QED) is 0.722. The van der Waals surface area contributed by atoms with E-state index in [1.54, 1.807) is 0 Å². The van der Waals surface area contributed by atoms with E-state index in [9.17, 15) is 4.39 Å². The molecule has 1 aliphatic rings. The highest BCUT2D eigenvalue weighted by Gasteiger charge is 2.32. The summed E-state index contributed by atoms with van der Waals surface area (Å²) < 4.78 is 18.9. The van der Waals surface area contributed by atoms with Crippen molar-refractivity contribution in [2.24, 2.45) is 0 Å². The topological polar surface area (TPSA) is 9.23 Å². The monoisotopic (exact) mass is 256 g/mol. The van der Waals surface area contributed by atoms with E-state index in [0.717, 1.165) is 24.8 Å². The molecule has 0 saturated heterocycles. The fourth-order valence-corrected chi connectivity index (χ4v) is 2.78. The van der Waals surface area contributed by atoms with Crippen LogP contribution in [0.2, 0.25) is 0 Å². The molecule has 1 aromatic rings. The summed E-state index contributed by atoms with van der Waals surface area (Å²) in [7, 11) is 0. The Morgan fingerprint density at radius 2 is 2.24 bits per heavy atom. The zero-order chi connectivity index (χ0) is 12.4. The second-order valence-corrected chi connectivity index (χ2v) is 5.37. The van der Waals surface area contributed by atoms with E-state index in [1.165, 1.54) is 12.1 Å². The lowest BCUT2D eigenvalue weighted by atomic mass is 9.94. The van der Waals surface area contributed by atoms with E-state index >= 15 is 0 Å². The molecule has 0 N–H and O–H groups in total. The van der Waals surface area contributed by atoms with Crippen LogP contribution in [-0.4, -0.2) is 11.5 Å². The zero-order valence-electron chi connectivity index (χ0n) is 10.2. The number of hydrogen-bond donors (Lipinski definition) is 0. The van der Waals surface area contributed by atoms with Crippen LogP contribution >= 0.6 is 11.6 Å². The van der Waals surface area contributed by atoms with Crippen molar-refractivity contribution in [2.75, 3.05) is 0 Å². The Balaban J connectivity index is 2.06. The summed E-state index contributed by atoms with van der Waals surface area (Å²) in [5.74, 6) is 0.735. The molecule has 0 aromatic heterocycles. The summed E-state index contributed by atoms with van der Waals surface area (Å²) in [5.41, 5.74) is 1.09. The van der Waals surface area contributed by atoms with Crippen molar-refractivity contribution in [3.8, 4) is 5.75 Å². The van der Waals surface area contributed by atoms with Gasteiger partial charge in [-0.05, 0) is 12.5 Å². The molecule has 0 radical (unpaired) electrons. The van der Waals surface area contributed by atoms with Crippen LogP contribution in [0.3, 0.4) is 0 Å². The van der Waals surface area contributed by atoms with Gasteiger partial charge in [0, 0.05) is 29.3 Å². The molecule has 0 amide bonds. The van der Waals surface area contributed by atoms with Crippen molar-refractivity contribution in [3.05, 3.63) is 29.6 Å². The minimum atomic E-state index is -0.243. The first-order valence-electron chi connectivity index (χ1n) is 6.22. The molecule has 94 valence electrons. The number of rotatable bonds is 4. The van der Waals surface area contributed by atoms with Gasteiger partial charge in [0.15, 0.2) is 0 Å². The Morgan fingerprint density at radius 1 is 1.47 bits per heavy atom. The second-order valence-electron chi connectivity index (χ2n) is 4.75. The summed E-state index contributed by atoms with van der Waals surface area (Å²) >= 11 is 6.25. The van der Waals surface area contributed by atoms with Gasteiger partial charge in [0.2, 0.25) is 0 Å². The van der Waals surface area contributed by atoms with Crippen LogP contribution in [0.25, 0.3) is 0 Å². The molecule has 17 heavy (non-hydrogen) atoms. The van der Waals surface area contributed by atoms with Crippen LogP contribution in [0.4, 0.5) is 4.39 Å². The normalized spacial score (nSPS) is 24.2. The number of hydrogen-bond acceptors (Lipinski definition) is 1. The highest BCUT2D eigenvalue weighted by atomic mass is 35.5. The van der Waals surface area contributed by atoms with Crippen LogP contribution < -0.4 is 4.74 Å². The molecule has 0 spiro atoms. The van der Waals surface area contributed by atoms with Crippen molar-refractivity contribution in [2.45, 2.75) is 50.5 Å². The van der Waals surface area contributed by atoms with Gasteiger partial charge in [-0.15, -0.1) is 11.6 Å². The molecule has 0 aliphatic carbocycles. The smallest absolute Gasteiger partial charge is 0.126 e.